The molecule has 2 nitrogen and oxygen atoms in total. The minimum Gasteiger partial charge on any atom is -0.358 e. The first-order valence-corrected chi connectivity index (χ1v) is 8.51. The van der Waals surface area contributed by atoms with E-state index in [9.17, 15) is 0 Å². The summed E-state index contributed by atoms with van der Waals surface area (Å²) < 4.78 is 0. The molecule has 0 saturated carbocycles. The van der Waals surface area contributed by atoms with Crippen molar-refractivity contribution in [3.05, 3.63) is 39.4 Å². The second kappa shape index (κ2) is 7.53. The smallest absolute Gasteiger partial charge is 0.0720 e. The SMILES string of the molecule is CCC1=C(C)/C(=C(/c2[nH]c(C)c(CC)c2C)C(C)C)N=C1C.Cl. The van der Waals surface area contributed by atoms with Crippen molar-refractivity contribution in [2.45, 2.75) is 68.2 Å². The molecule has 0 bridgehead atoms. The molecule has 0 aromatic carbocycles. The van der Waals surface area contributed by atoms with Gasteiger partial charge in [-0.25, -0.2) is 0 Å². The van der Waals surface area contributed by atoms with E-state index < -0.39 is 0 Å². The van der Waals surface area contributed by atoms with Crippen LogP contribution in [0, 0.1) is 19.8 Å². The Labute approximate surface area is 147 Å². The van der Waals surface area contributed by atoms with Crippen molar-refractivity contribution in [2.75, 3.05) is 0 Å². The molecule has 1 aromatic heterocycles. The molecule has 1 aliphatic rings. The van der Waals surface area contributed by atoms with Gasteiger partial charge in [0.15, 0.2) is 0 Å². The Morgan fingerprint density at radius 3 is 2.04 bits per heavy atom. The lowest BCUT2D eigenvalue weighted by molar-refractivity contribution is 0.839. The Morgan fingerprint density at radius 2 is 1.65 bits per heavy atom. The second-order valence-corrected chi connectivity index (χ2v) is 6.65. The average Bonchev–Trinajstić information content (AvgIpc) is 2.87. The molecule has 2 rings (SSSR count). The maximum Gasteiger partial charge on any atom is 0.0720 e. The fourth-order valence-corrected chi connectivity index (χ4v) is 3.79. The third kappa shape index (κ3) is 3.33. The van der Waals surface area contributed by atoms with E-state index in [0.29, 0.717) is 5.92 Å². The fourth-order valence-electron chi connectivity index (χ4n) is 3.79. The van der Waals surface area contributed by atoms with Crippen LogP contribution in [0.4, 0.5) is 0 Å². The van der Waals surface area contributed by atoms with E-state index in [2.05, 4.69) is 60.4 Å². The highest BCUT2D eigenvalue weighted by Crippen LogP contribution is 2.38. The molecule has 0 amide bonds. The number of allylic oxidation sites excluding steroid dienone is 3. The fraction of sp³-hybridized carbons (Fsp3) is 0.550. The lowest BCUT2D eigenvalue weighted by Gasteiger charge is -2.15. The van der Waals surface area contributed by atoms with Gasteiger partial charge in [0.2, 0.25) is 0 Å². The van der Waals surface area contributed by atoms with Gasteiger partial charge in [0.1, 0.15) is 0 Å². The van der Waals surface area contributed by atoms with Gasteiger partial charge in [-0.3, -0.25) is 4.99 Å². The summed E-state index contributed by atoms with van der Waals surface area (Å²) in [6, 6.07) is 0. The molecule has 0 unspecified atom stereocenters. The number of rotatable bonds is 4. The summed E-state index contributed by atoms with van der Waals surface area (Å²) in [5, 5.41) is 0. The van der Waals surface area contributed by atoms with Crippen molar-refractivity contribution in [3.63, 3.8) is 0 Å². The number of hydrogen-bond donors (Lipinski definition) is 1. The molecule has 0 saturated heterocycles. The molecule has 23 heavy (non-hydrogen) atoms. The van der Waals surface area contributed by atoms with Gasteiger partial charge >= 0.3 is 0 Å². The minimum atomic E-state index is 0. The Morgan fingerprint density at radius 1 is 1.04 bits per heavy atom. The van der Waals surface area contributed by atoms with Gasteiger partial charge in [0.25, 0.3) is 0 Å². The van der Waals surface area contributed by atoms with Gasteiger partial charge in [-0.1, -0.05) is 27.7 Å². The minimum absolute atomic E-state index is 0. The van der Waals surface area contributed by atoms with E-state index in [1.807, 2.05) is 0 Å². The van der Waals surface area contributed by atoms with Crippen LogP contribution in [0.1, 0.15) is 70.5 Å². The second-order valence-electron chi connectivity index (χ2n) is 6.65. The Bertz CT molecular complexity index is 685. The van der Waals surface area contributed by atoms with Crippen molar-refractivity contribution in [1.29, 1.82) is 0 Å². The number of aliphatic imine (C=N–C) groups is 1. The summed E-state index contributed by atoms with van der Waals surface area (Å²) in [5.41, 5.74) is 11.9. The molecule has 0 fully saturated rings. The summed E-state index contributed by atoms with van der Waals surface area (Å²) in [7, 11) is 0. The molecule has 3 heteroatoms. The van der Waals surface area contributed by atoms with Crippen LogP contribution in [0.25, 0.3) is 5.57 Å². The lowest BCUT2D eigenvalue weighted by Crippen LogP contribution is -2.01. The van der Waals surface area contributed by atoms with Gasteiger partial charge in [-0.05, 0) is 68.7 Å². The Balaban J connectivity index is 0.00000264. The molecule has 2 heterocycles. The Hall–Kier alpha value is -1.28. The van der Waals surface area contributed by atoms with Gasteiger partial charge in [0.05, 0.1) is 5.70 Å². The number of nitrogens with zero attached hydrogens (tertiary/aromatic N) is 1. The third-order valence-electron chi connectivity index (χ3n) is 4.93. The highest BCUT2D eigenvalue weighted by Gasteiger charge is 2.24. The monoisotopic (exact) mass is 334 g/mol. The van der Waals surface area contributed by atoms with Crippen molar-refractivity contribution in [2.24, 2.45) is 10.9 Å². The molecule has 1 aliphatic heterocycles. The van der Waals surface area contributed by atoms with E-state index in [-0.39, 0.29) is 12.4 Å². The number of hydrogen-bond acceptors (Lipinski definition) is 1. The first-order chi connectivity index (χ1) is 10.3. The van der Waals surface area contributed by atoms with Crippen molar-refractivity contribution < 1.29 is 0 Å². The van der Waals surface area contributed by atoms with Gasteiger partial charge in [-0.2, -0.15) is 0 Å². The number of aromatic nitrogens is 1. The maximum atomic E-state index is 4.93. The summed E-state index contributed by atoms with van der Waals surface area (Å²) >= 11 is 0. The average molecular weight is 335 g/mol. The van der Waals surface area contributed by atoms with Crippen LogP contribution in [0.2, 0.25) is 0 Å². The number of aryl methyl sites for hydroxylation is 1. The van der Waals surface area contributed by atoms with Crippen LogP contribution in [0.5, 0.6) is 0 Å². The van der Waals surface area contributed by atoms with Crippen molar-refractivity contribution >= 4 is 23.7 Å². The van der Waals surface area contributed by atoms with Crippen molar-refractivity contribution in [3.8, 4) is 0 Å². The standard InChI is InChI=1S/C20H30N2.ClH/c1-9-16-12(5)19(21-14(16)7)18(11(3)4)20-13(6)17(10-2)15(8)22-20;/h11,21H,9-10H2,1-8H3;1H/b20-18-;. The van der Waals surface area contributed by atoms with E-state index >= 15 is 0 Å². The first kappa shape index (κ1) is 19.8. The topological polar surface area (TPSA) is 28.1 Å². The zero-order valence-corrected chi connectivity index (χ0v) is 16.7. The number of H-pyrrole nitrogens is 1. The maximum absolute atomic E-state index is 4.93. The van der Waals surface area contributed by atoms with Crippen LogP contribution >= 0.6 is 12.4 Å². The summed E-state index contributed by atoms with van der Waals surface area (Å²) in [6.45, 7) is 17.8. The molecule has 0 atom stereocenters. The predicted molar refractivity (Wildman–Crippen MR) is 105 cm³/mol. The van der Waals surface area contributed by atoms with E-state index in [1.165, 1.54) is 50.6 Å². The van der Waals surface area contributed by atoms with Gasteiger partial charge < -0.3 is 4.98 Å². The molecule has 0 spiro atoms. The molecule has 1 N–H and O–H groups in total. The van der Waals surface area contributed by atoms with Crippen LogP contribution in [0.3, 0.4) is 0 Å². The van der Waals surface area contributed by atoms with Crippen LogP contribution in [-0.2, 0) is 6.42 Å². The lowest BCUT2D eigenvalue weighted by atomic mass is 9.91. The third-order valence-corrected chi connectivity index (χ3v) is 4.93. The van der Waals surface area contributed by atoms with Gasteiger partial charge in [-0.15, -0.1) is 12.4 Å². The van der Waals surface area contributed by atoms with E-state index in [1.54, 1.807) is 0 Å². The highest BCUT2D eigenvalue weighted by molar-refractivity contribution is 6.04. The normalized spacial score (nSPS) is 16.8. The molecular weight excluding hydrogens is 304 g/mol. The zero-order chi connectivity index (χ0) is 16.6. The highest BCUT2D eigenvalue weighted by atomic mass is 35.5. The van der Waals surface area contributed by atoms with Crippen LogP contribution in [-0.4, -0.2) is 10.7 Å². The summed E-state index contributed by atoms with van der Waals surface area (Å²) in [6.07, 6.45) is 2.13. The first-order valence-electron chi connectivity index (χ1n) is 8.51. The zero-order valence-electron chi connectivity index (χ0n) is 15.8. The van der Waals surface area contributed by atoms with Gasteiger partial charge in [0, 0.05) is 22.7 Å². The summed E-state index contributed by atoms with van der Waals surface area (Å²) in [4.78, 5) is 8.57. The Kier molecular flexibility index (Phi) is 6.47. The van der Waals surface area contributed by atoms with Crippen LogP contribution in [0.15, 0.2) is 21.8 Å². The molecule has 1 aromatic rings. The molecule has 0 aliphatic carbocycles. The van der Waals surface area contributed by atoms with Crippen LogP contribution < -0.4 is 0 Å². The quantitative estimate of drug-likeness (QED) is 0.680. The molecule has 0 radical (unpaired) electrons. The molecule has 128 valence electrons. The number of aromatic amines is 1. The number of nitrogens with one attached hydrogen (secondary N) is 1. The number of halogens is 1. The van der Waals surface area contributed by atoms with E-state index in [4.69, 9.17) is 4.99 Å². The predicted octanol–water partition coefficient (Wildman–Crippen LogP) is 6.18. The van der Waals surface area contributed by atoms with Crippen molar-refractivity contribution in [1.82, 2.24) is 4.98 Å². The molecular formula is C20H31ClN2. The largest absolute Gasteiger partial charge is 0.358 e. The summed E-state index contributed by atoms with van der Waals surface area (Å²) in [5.74, 6) is 0.444. The van der Waals surface area contributed by atoms with E-state index in [0.717, 1.165) is 12.8 Å².